The number of aromatic nitrogens is 1. The minimum atomic E-state index is -0.433. The summed E-state index contributed by atoms with van der Waals surface area (Å²) >= 11 is 5.79. The molecule has 0 saturated carbocycles. The Balaban J connectivity index is 2.25. The zero-order valence-corrected chi connectivity index (χ0v) is 10.4. The van der Waals surface area contributed by atoms with Crippen molar-refractivity contribution in [3.63, 3.8) is 0 Å². The van der Waals surface area contributed by atoms with Gasteiger partial charge < -0.3 is 10.3 Å². The molecule has 2 rings (SSSR count). The van der Waals surface area contributed by atoms with Crippen LogP contribution in [0.1, 0.15) is 15.9 Å². The molecule has 0 radical (unpaired) electrons. The second-order valence-corrected chi connectivity index (χ2v) is 4.11. The van der Waals surface area contributed by atoms with Gasteiger partial charge in [0.1, 0.15) is 6.07 Å². The fourth-order valence-electron chi connectivity index (χ4n) is 1.48. The number of halogens is 1. The number of nitriles is 1. The molecule has 6 heteroatoms. The lowest BCUT2D eigenvalue weighted by Gasteiger charge is -2.05. The van der Waals surface area contributed by atoms with E-state index in [1.807, 2.05) is 6.07 Å². The Bertz CT molecular complexity index is 731. The van der Waals surface area contributed by atoms with Crippen molar-refractivity contribution in [1.29, 1.82) is 5.26 Å². The Labute approximate surface area is 113 Å². The standard InChI is InChI=1S/C13H8ClN3O2/c14-11-2-1-10(5-9(11)7-15)17-13(19)8-3-4-16-12(18)6-8/h1-6H,(H,16,18)(H,17,19). The summed E-state index contributed by atoms with van der Waals surface area (Å²) in [5.41, 5.74) is 0.579. The Hall–Kier alpha value is -2.58. The molecule has 94 valence electrons. The van der Waals surface area contributed by atoms with Gasteiger partial charge in [-0.1, -0.05) is 11.6 Å². The topological polar surface area (TPSA) is 85.8 Å². The fourth-order valence-corrected chi connectivity index (χ4v) is 1.64. The van der Waals surface area contributed by atoms with Gasteiger partial charge in [-0.3, -0.25) is 9.59 Å². The molecule has 0 aliphatic carbocycles. The molecule has 0 bridgehead atoms. The molecule has 1 heterocycles. The molecule has 0 fully saturated rings. The molecule has 1 aromatic heterocycles. The number of benzene rings is 1. The van der Waals surface area contributed by atoms with Gasteiger partial charge in [0.15, 0.2) is 0 Å². The first-order chi connectivity index (χ1) is 9.10. The summed E-state index contributed by atoms with van der Waals surface area (Å²) in [6.45, 7) is 0. The van der Waals surface area contributed by atoms with Crippen LogP contribution < -0.4 is 10.9 Å². The van der Waals surface area contributed by atoms with Gasteiger partial charge in [0.2, 0.25) is 5.56 Å². The predicted octanol–water partition coefficient (Wildman–Crippen LogP) is 2.15. The van der Waals surface area contributed by atoms with Crippen LogP contribution in [-0.2, 0) is 0 Å². The second-order valence-electron chi connectivity index (χ2n) is 3.70. The zero-order valence-electron chi connectivity index (χ0n) is 9.61. The van der Waals surface area contributed by atoms with Gasteiger partial charge in [-0.15, -0.1) is 0 Å². The molecule has 0 aliphatic heterocycles. The number of amides is 1. The molecule has 19 heavy (non-hydrogen) atoms. The van der Waals surface area contributed by atoms with Gasteiger partial charge in [-0.25, -0.2) is 0 Å². The molecule has 5 nitrogen and oxygen atoms in total. The highest BCUT2D eigenvalue weighted by molar-refractivity contribution is 6.31. The number of nitrogens with zero attached hydrogens (tertiary/aromatic N) is 1. The van der Waals surface area contributed by atoms with Gasteiger partial charge in [-0.05, 0) is 24.3 Å². The van der Waals surface area contributed by atoms with Crippen molar-refractivity contribution in [1.82, 2.24) is 4.98 Å². The third-order valence-corrected chi connectivity index (χ3v) is 2.71. The minimum Gasteiger partial charge on any atom is -0.329 e. The van der Waals surface area contributed by atoms with E-state index in [-0.39, 0.29) is 16.7 Å². The summed E-state index contributed by atoms with van der Waals surface area (Å²) in [4.78, 5) is 25.4. The van der Waals surface area contributed by atoms with Crippen LogP contribution >= 0.6 is 11.6 Å². The number of hydrogen-bond acceptors (Lipinski definition) is 3. The molecule has 2 N–H and O–H groups in total. The number of pyridine rings is 1. The highest BCUT2D eigenvalue weighted by Gasteiger charge is 2.08. The maximum atomic E-state index is 11.9. The van der Waals surface area contributed by atoms with Crippen LogP contribution in [0.4, 0.5) is 5.69 Å². The lowest BCUT2D eigenvalue weighted by Crippen LogP contribution is -2.15. The SMILES string of the molecule is N#Cc1cc(NC(=O)c2cc[nH]c(=O)c2)ccc1Cl. The highest BCUT2D eigenvalue weighted by Crippen LogP contribution is 2.19. The van der Waals surface area contributed by atoms with E-state index in [1.165, 1.54) is 30.5 Å². The van der Waals surface area contributed by atoms with Gasteiger partial charge in [-0.2, -0.15) is 5.26 Å². The third-order valence-electron chi connectivity index (χ3n) is 2.38. The van der Waals surface area contributed by atoms with E-state index in [0.717, 1.165) is 0 Å². The first-order valence-corrected chi connectivity index (χ1v) is 5.67. The number of nitrogens with one attached hydrogen (secondary N) is 2. The molecule has 1 aromatic carbocycles. The van der Waals surface area contributed by atoms with Crippen molar-refractivity contribution >= 4 is 23.2 Å². The van der Waals surface area contributed by atoms with Crippen molar-refractivity contribution in [3.05, 3.63) is 63.0 Å². The predicted molar refractivity (Wildman–Crippen MR) is 71.2 cm³/mol. The van der Waals surface area contributed by atoms with Gasteiger partial charge in [0.25, 0.3) is 5.91 Å². The van der Waals surface area contributed by atoms with E-state index in [0.29, 0.717) is 10.7 Å². The Morgan fingerprint density at radius 2 is 2.11 bits per heavy atom. The van der Waals surface area contributed by atoms with Crippen molar-refractivity contribution in [2.24, 2.45) is 0 Å². The number of rotatable bonds is 2. The average molecular weight is 274 g/mol. The van der Waals surface area contributed by atoms with E-state index >= 15 is 0 Å². The fraction of sp³-hybridized carbons (Fsp3) is 0. The zero-order chi connectivity index (χ0) is 13.8. The van der Waals surface area contributed by atoms with Gasteiger partial charge >= 0.3 is 0 Å². The number of carbonyl (C=O) groups excluding carboxylic acids is 1. The molecule has 1 amide bonds. The number of anilines is 1. The van der Waals surface area contributed by atoms with E-state index in [1.54, 1.807) is 6.07 Å². The summed E-state index contributed by atoms with van der Waals surface area (Å²) in [6, 6.07) is 9.16. The minimum absolute atomic E-state index is 0.234. The largest absolute Gasteiger partial charge is 0.329 e. The Morgan fingerprint density at radius 3 is 2.79 bits per heavy atom. The molecule has 0 aliphatic rings. The average Bonchev–Trinajstić information content (AvgIpc) is 2.41. The van der Waals surface area contributed by atoms with E-state index in [9.17, 15) is 9.59 Å². The van der Waals surface area contributed by atoms with Crippen LogP contribution in [0.3, 0.4) is 0 Å². The van der Waals surface area contributed by atoms with Crippen LogP contribution in [0.2, 0.25) is 5.02 Å². The molecule has 2 aromatic rings. The molecule has 0 unspecified atom stereocenters. The van der Waals surface area contributed by atoms with Crippen LogP contribution in [0, 0.1) is 11.3 Å². The summed E-state index contributed by atoms with van der Waals surface area (Å²) in [5, 5.41) is 11.7. The molecular weight excluding hydrogens is 266 g/mol. The quantitative estimate of drug-likeness (QED) is 0.879. The summed E-state index contributed by atoms with van der Waals surface area (Å²) < 4.78 is 0. The van der Waals surface area contributed by atoms with Crippen molar-refractivity contribution in [2.75, 3.05) is 5.32 Å². The maximum absolute atomic E-state index is 11.9. The van der Waals surface area contributed by atoms with Gasteiger partial charge in [0.05, 0.1) is 10.6 Å². The summed E-state index contributed by atoms with van der Waals surface area (Å²) in [6.07, 6.45) is 1.39. The molecular formula is C13H8ClN3O2. The van der Waals surface area contributed by atoms with Crippen LogP contribution in [0.5, 0.6) is 0 Å². The van der Waals surface area contributed by atoms with Crippen LogP contribution in [-0.4, -0.2) is 10.9 Å². The van der Waals surface area contributed by atoms with Crippen LogP contribution in [0.25, 0.3) is 0 Å². The lowest BCUT2D eigenvalue weighted by molar-refractivity contribution is 0.102. The number of carbonyl (C=O) groups is 1. The Kier molecular flexibility index (Phi) is 3.64. The van der Waals surface area contributed by atoms with E-state index in [4.69, 9.17) is 16.9 Å². The summed E-state index contributed by atoms with van der Waals surface area (Å²) in [7, 11) is 0. The first kappa shape index (κ1) is 12.9. The van der Waals surface area contributed by atoms with E-state index < -0.39 is 5.91 Å². The van der Waals surface area contributed by atoms with Crippen LogP contribution in [0.15, 0.2) is 41.3 Å². The van der Waals surface area contributed by atoms with Gasteiger partial charge in [0, 0.05) is 23.5 Å². The normalized spacial score (nSPS) is 9.68. The smallest absolute Gasteiger partial charge is 0.255 e. The first-order valence-electron chi connectivity index (χ1n) is 5.30. The highest BCUT2D eigenvalue weighted by atomic mass is 35.5. The molecule has 0 spiro atoms. The number of H-pyrrole nitrogens is 1. The summed E-state index contributed by atoms with van der Waals surface area (Å²) in [5.74, 6) is -0.433. The van der Waals surface area contributed by atoms with E-state index in [2.05, 4.69) is 10.3 Å². The molecule has 0 saturated heterocycles. The number of aromatic amines is 1. The van der Waals surface area contributed by atoms with Crippen molar-refractivity contribution in [2.45, 2.75) is 0 Å². The Morgan fingerprint density at radius 1 is 1.32 bits per heavy atom. The lowest BCUT2D eigenvalue weighted by atomic mass is 10.2. The molecule has 0 atom stereocenters. The third kappa shape index (κ3) is 3.00. The monoisotopic (exact) mass is 273 g/mol. The number of hydrogen-bond donors (Lipinski definition) is 2. The van der Waals surface area contributed by atoms with Crippen molar-refractivity contribution < 1.29 is 4.79 Å². The maximum Gasteiger partial charge on any atom is 0.255 e. The van der Waals surface area contributed by atoms with Crippen molar-refractivity contribution in [3.8, 4) is 6.07 Å². The second kappa shape index (κ2) is 5.38.